The molecule has 1 aromatic carbocycles. The van der Waals surface area contributed by atoms with Gasteiger partial charge in [-0.05, 0) is 37.4 Å². The molecule has 2 rings (SSSR count). The Labute approximate surface area is 132 Å². The molecule has 1 heterocycles. The Morgan fingerprint density at radius 1 is 1.27 bits per heavy atom. The van der Waals surface area contributed by atoms with E-state index in [0.717, 1.165) is 0 Å². The van der Waals surface area contributed by atoms with Gasteiger partial charge in [0, 0.05) is 5.02 Å². The number of benzene rings is 1. The van der Waals surface area contributed by atoms with E-state index in [2.05, 4.69) is 10.0 Å². The molecule has 22 heavy (non-hydrogen) atoms. The molecule has 1 amide bonds. The number of carbonyl (C=O) groups excluding carboxylic acids is 1. The van der Waals surface area contributed by atoms with Crippen molar-refractivity contribution >= 4 is 33.2 Å². The summed E-state index contributed by atoms with van der Waals surface area (Å²) < 4.78 is 35.4. The number of nitrogens with one attached hydrogen (secondary N) is 2. The number of hydrogen-bond donors (Lipinski definition) is 2. The predicted octanol–water partition coefficient (Wildman–Crippen LogP) is 2.10. The van der Waals surface area contributed by atoms with Gasteiger partial charge in [0.25, 0.3) is 15.9 Å². The van der Waals surface area contributed by atoms with Crippen LogP contribution in [0.3, 0.4) is 0 Å². The van der Waals surface area contributed by atoms with Gasteiger partial charge in [-0.1, -0.05) is 11.6 Å². The molecule has 1 aromatic heterocycles. The molecule has 0 saturated heterocycles. The predicted molar refractivity (Wildman–Crippen MR) is 80.9 cm³/mol. The van der Waals surface area contributed by atoms with Crippen molar-refractivity contribution in [1.82, 2.24) is 4.72 Å². The van der Waals surface area contributed by atoms with Crippen LogP contribution in [0, 0.1) is 0 Å². The van der Waals surface area contributed by atoms with Gasteiger partial charge >= 0.3 is 0 Å². The van der Waals surface area contributed by atoms with Crippen LogP contribution in [0.15, 0.2) is 39.8 Å². The number of ether oxygens (including phenoxy) is 1. The minimum absolute atomic E-state index is 0.157. The summed E-state index contributed by atoms with van der Waals surface area (Å²) in [6.45, 7) is 0. The lowest BCUT2D eigenvalue weighted by molar-refractivity contribution is 0.0991. The molecule has 0 unspecified atom stereocenters. The molecule has 0 aliphatic rings. The van der Waals surface area contributed by atoms with Crippen molar-refractivity contribution in [2.24, 2.45) is 0 Å². The van der Waals surface area contributed by atoms with E-state index in [1.165, 1.54) is 32.4 Å². The average molecular weight is 345 g/mol. The molecular weight excluding hydrogens is 332 g/mol. The zero-order valence-corrected chi connectivity index (χ0v) is 13.3. The highest BCUT2D eigenvalue weighted by molar-refractivity contribution is 7.89. The number of methoxy groups -OCH3 is 1. The molecule has 0 saturated carbocycles. The van der Waals surface area contributed by atoms with Crippen molar-refractivity contribution in [3.05, 3.63) is 41.1 Å². The van der Waals surface area contributed by atoms with Crippen LogP contribution < -0.4 is 14.8 Å². The maximum Gasteiger partial charge on any atom is 0.291 e. The van der Waals surface area contributed by atoms with E-state index < -0.39 is 15.9 Å². The van der Waals surface area contributed by atoms with Crippen LogP contribution in [-0.4, -0.2) is 28.5 Å². The Balaban J connectivity index is 2.25. The second-order valence-electron chi connectivity index (χ2n) is 4.12. The lowest BCUT2D eigenvalue weighted by atomic mass is 10.3. The van der Waals surface area contributed by atoms with Gasteiger partial charge in [0.1, 0.15) is 5.75 Å². The smallest absolute Gasteiger partial charge is 0.291 e. The molecule has 0 aliphatic heterocycles. The van der Waals surface area contributed by atoms with E-state index in [1.54, 1.807) is 12.1 Å². The largest absolute Gasteiger partial charge is 0.495 e. The summed E-state index contributed by atoms with van der Waals surface area (Å²) in [6.07, 6.45) is 0. The van der Waals surface area contributed by atoms with Crippen molar-refractivity contribution in [3.8, 4) is 5.75 Å². The summed E-state index contributed by atoms with van der Waals surface area (Å²) >= 11 is 5.87. The van der Waals surface area contributed by atoms with Crippen LogP contribution in [0.1, 0.15) is 10.6 Å². The summed E-state index contributed by atoms with van der Waals surface area (Å²) in [4.78, 5) is 12.1. The second kappa shape index (κ2) is 6.39. The Morgan fingerprint density at radius 2 is 2.00 bits per heavy atom. The highest BCUT2D eigenvalue weighted by Gasteiger charge is 2.20. The average Bonchev–Trinajstić information content (AvgIpc) is 2.98. The van der Waals surface area contributed by atoms with Crippen molar-refractivity contribution in [3.63, 3.8) is 0 Å². The normalized spacial score (nSPS) is 11.2. The van der Waals surface area contributed by atoms with Gasteiger partial charge in [-0.2, -0.15) is 0 Å². The van der Waals surface area contributed by atoms with Gasteiger partial charge in [0.15, 0.2) is 5.76 Å². The topological polar surface area (TPSA) is 97.6 Å². The number of furan rings is 1. The number of hydrogen-bond acceptors (Lipinski definition) is 5. The molecular formula is C13H13ClN2O5S. The first kappa shape index (κ1) is 16.3. The molecule has 7 nitrogen and oxygen atoms in total. The van der Waals surface area contributed by atoms with Gasteiger partial charge in [-0.3, -0.25) is 4.79 Å². The lowest BCUT2D eigenvalue weighted by Crippen LogP contribution is -2.18. The maximum atomic E-state index is 12.1. The lowest BCUT2D eigenvalue weighted by Gasteiger charge is -2.09. The molecule has 2 N–H and O–H groups in total. The molecule has 0 bridgehead atoms. The van der Waals surface area contributed by atoms with Gasteiger partial charge in [0.2, 0.25) is 5.09 Å². The zero-order valence-electron chi connectivity index (χ0n) is 11.7. The minimum atomic E-state index is -3.75. The van der Waals surface area contributed by atoms with Crippen molar-refractivity contribution < 1.29 is 22.4 Å². The third-order valence-corrected chi connectivity index (χ3v) is 4.27. The third kappa shape index (κ3) is 3.41. The number of halogens is 1. The van der Waals surface area contributed by atoms with Crippen molar-refractivity contribution in [2.45, 2.75) is 5.09 Å². The quantitative estimate of drug-likeness (QED) is 0.865. The molecule has 0 atom stereocenters. The van der Waals surface area contributed by atoms with Crippen LogP contribution in [-0.2, 0) is 10.0 Å². The fraction of sp³-hybridized carbons (Fsp3) is 0.154. The van der Waals surface area contributed by atoms with E-state index in [4.69, 9.17) is 20.8 Å². The number of amides is 1. The van der Waals surface area contributed by atoms with E-state index in [9.17, 15) is 13.2 Å². The van der Waals surface area contributed by atoms with Crippen molar-refractivity contribution in [1.29, 1.82) is 0 Å². The SMILES string of the molecule is CNS(=O)(=O)c1ccc(C(=O)Nc2cc(Cl)ccc2OC)o1. The van der Waals surface area contributed by atoms with Crippen LogP contribution in [0.4, 0.5) is 5.69 Å². The van der Waals surface area contributed by atoms with Crippen LogP contribution in [0.25, 0.3) is 0 Å². The standard InChI is InChI=1S/C13H13ClN2O5S/c1-15-22(18,19)12-6-5-11(21-12)13(17)16-9-7-8(14)3-4-10(9)20-2/h3-7,15H,1-2H3,(H,16,17). The molecule has 0 fully saturated rings. The monoisotopic (exact) mass is 344 g/mol. The summed E-state index contributed by atoms with van der Waals surface area (Å²) in [7, 11) is -1.05. The number of rotatable bonds is 5. The Morgan fingerprint density at radius 3 is 2.64 bits per heavy atom. The van der Waals surface area contributed by atoms with E-state index in [0.29, 0.717) is 16.5 Å². The highest BCUT2D eigenvalue weighted by Crippen LogP contribution is 2.28. The van der Waals surface area contributed by atoms with Crippen LogP contribution in [0.2, 0.25) is 5.02 Å². The van der Waals surface area contributed by atoms with Crippen LogP contribution >= 0.6 is 11.6 Å². The molecule has 9 heteroatoms. The first-order chi connectivity index (χ1) is 10.4. The highest BCUT2D eigenvalue weighted by atomic mass is 35.5. The van der Waals surface area contributed by atoms with Gasteiger partial charge in [-0.15, -0.1) is 0 Å². The Kier molecular flexibility index (Phi) is 4.74. The zero-order chi connectivity index (χ0) is 16.3. The molecule has 0 radical (unpaired) electrons. The van der Waals surface area contributed by atoms with Gasteiger partial charge in [0.05, 0.1) is 12.8 Å². The maximum absolute atomic E-state index is 12.1. The first-order valence-corrected chi connectivity index (χ1v) is 7.92. The molecule has 0 aliphatic carbocycles. The van der Waals surface area contributed by atoms with E-state index in [1.807, 2.05) is 0 Å². The van der Waals surface area contributed by atoms with E-state index in [-0.39, 0.29) is 10.9 Å². The van der Waals surface area contributed by atoms with E-state index >= 15 is 0 Å². The fourth-order valence-corrected chi connectivity index (χ4v) is 2.47. The number of carbonyl (C=O) groups is 1. The fourth-order valence-electron chi connectivity index (χ4n) is 1.65. The second-order valence-corrected chi connectivity index (χ2v) is 6.38. The first-order valence-electron chi connectivity index (χ1n) is 6.05. The Hall–Kier alpha value is -2.03. The third-order valence-electron chi connectivity index (χ3n) is 2.75. The molecule has 0 spiro atoms. The van der Waals surface area contributed by atoms with Crippen LogP contribution in [0.5, 0.6) is 5.75 Å². The molecule has 2 aromatic rings. The van der Waals surface area contributed by atoms with Gasteiger partial charge in [-0.25, -0.2) is 13.1 Å². The summed E-state index contributed by atoms with van der Waals surface area (Å²) in [5.41, 5.74) is 0.342. The summed E-state index contributed by atoms with van der Waals surface area (Å²) in [6, 6.07) is 7.16. The minimum Gasteiger partial charge on any atom is -0.495 e. The number of anilines is 1. The number of sulfonamides is 1. The van der Waals surface area contributed by atoms with Gasteiger partial charge < -0.3 is 14.5 Å². The molecule has 118 valence electrons. The summed E-state index contributed by atoms with van der Waals surface area (Å²) in [5, 5.41) is 2.61. The van der Waals surface area contributed by atoms with Crippen molar-refractivity contribution in [2.75, 3.05) is 19.5 Å². The Bertz CT molecular complexity index is 801. The summed E-state index contributed by atoms with van der Waals surface area (Å²) in [5.74, 6) is -0.374.